The number of nitro benzene ring substituents is 1. The predicted molar refractivity (Wildman–Crippen MR) is 78.1 cm³/mol. The fourth-order valence-electron chi connectivity index (χ4n) is 2.88. The Balaban J connectivity index is 2.24. The molecule has 1 fully saturated rings. The van der Waals surface area contributed by atoms with Crippen molar-refractivity contribution >= 4 is 17.7 Å². The number of nitro groups is 1. The number of rotatable bonds is 4. The Morgan fingerprint density at radius 2 is 2.10 bits per heavy atom. The van der Waals surface area contributed by atoms with Gasteiger partial charge in [0.2, 0.25) is 0 Å². The smallest absolute Gasteiger partial charge is 0.293 e. The van der Waals surface area contributed by atoms with E-state index in [4.69, 9.17) is 0 Å². The van der Waals surface area contributed by atoms with Gasteiger partial charge in [-0.25, -0.2) is 0 Å². The van der Waals surface area contributed by atoms with Crippen LogP contribution in [-0.2, 0) is 0 Å². The monoisotopic (exact) mass is 276 g/mol. The minimum Gasteiger partial charge on any atom is -0.376 e. The molecule has 5 heteroatoms. The zero-order valence-corrected chi connectivity index (χ0v) is 11.8. The number of anilines is 1. The van der Waals surface area contributed by atoms with E-state index in [0.29, 0.717) is 29.4 Å². The first-order valence-electron chi connectivity index (χ1n) is 7.03. The van der Waals surface area contributed by atoms with Gasteiger partial charge >= 0.3 is 0 Å². The van der Waals surface area contributed by atoms with Gasteiger partial charge in [0.25, 0.3) is 5.69 Å². The molecule has 0 saturated heterocycles. The van der Waals surface area contributed by atoms with Gasteiger partial charge in [0.15, 0.2) is 0 Å². The summed E-state index contributed by atoms with van der Waals surface area (Å²) in [5, 5.41) is 14.4. The quantitative estimate of drug-likeness (QED) is 0.517. The Bertz CT molecular complexity index is 516. The topological polar surface area (TPSA) is 72.2 Å². The number of nitrogens with zero attached hydrogens (tertiary/aromatic N) is 1. The maximum Gasteiger partial charge on any atom is 0.293 e. The molecule has 0 aromatic heterocycles. The lowest BCUT2D eigenvalue weighted by molar-refractivity contribution is -0.384. The molecule has 1 aliphatic rings. The van der Waals surface area contributed by atoms with Gasteiger partial charge in [0, 0.05) is 17.7 Å². The van der Waals surface area contributed by atoms with E-state index in [0.717, 1.165) is 12.8 Å². The van der Waals surface area contributed by atoms with Crippen LogP contribution in [-0.4, -0.2) is 17.3 Å². The van der Waals surface area contributed by atoms with E-state index < -0.39 is 4.92 Å². The highest BCUT2D eigenvalue weighted by Gasteiger charge is 2.28. The molecular formula is C15H20N2O3. The molecule has 1 aliphatic carbocycles. The summed E-state index contributed by atoms with van der Waals surface area (Å²) in [5.74, 6) is 1.10. The van der Waals surface area contributed by atoms with Crippen LogP contribution in [0.15, 0.2) is 18.2 Å². The lowest BCUT2D eigenvalue weighted by Gasteiger charge is -2.35. The maximum absolute atomic E-state index is 11.1. The maximum atomic E-state index is 11.1. The van der Waals surface area contributed by atoms with Gasteiger partial charge in [-0.2, -0.15) is 0 Å². The van der Waals surface area contributed by atoms with Crippen LogP contribution in [0.3, 0.4) is 0 Å². The molecule has 0 spiro atoms. The summed E-state index contributed by atoms with van der Waals surface area (Å²) in [5.41, 5.74) is 0.805. The minimum atomic E-state index is -0.438. The summed E-state index contributed by atoms with van der Waals surface area (Å²) in [7, 11) is 0. The van der Waals surface area contributed by atoms with Crippen LogP contribution >= 0.6 is 0 Å². The third kappa shape index (κ3) is 2.98. The average molecular weight is 276 g/mol. The van der Waals surface area contributed by atoms with Crippen LogP contribution in [0.5, 0.6) is 0 Å². The van der Waals surface area contributed by atoms with Gasteiger partial charge in [-0.15, -0.1) is 0 Å². The molecule has 0 heterocycles. The van der Waals surface area contributed by atoms with Gasteiger partial charge in [0.05, 0.1) is 4.92 Å². The Labute approximate surface area is 118 Å². The van der Waals surface area contributed by atoms with Crippen LogP contribution in [0.2, 0.25) is 0 Å². The minimum absolute atomic E-state index is 0.0278. The molecule has 1 saturated carbocycles. The normalized spacial score (nSPS) is 26.0. The number of carbonyl (C=O) groups excluding carboxylic acids is 1. The largest absolute Gasteiger partial charge is 0.376 e. The van der Waals surface area contributed by atoms with Crippen molar-refractivity contribution in [1.29, 1.82) is 0 Å². The third-order valence-corrected chi connectivity index (χ3v) is 4.40. The van der Waals surface area contributed by atoms with E-state index in [-0.39, 0.29) is 11.7 Å². The van der Waals surface area contributed by atoms with Crippen LogP contribution in [0.1, 0.15) is 43.5 Å². The van der Waals surface area contributed by atoms with Crippen molar-refractivity contribution in [3.05, 3.63) is 33.9 Å². The molecule has 0 amide bonds. The molecule has 108 valence electrons. The first-order chi connectivity index (χ1) is 9.52. The summed E-state index contributed by atoms with van der Waals surface area (Å²) in [4.78, 5) is 21.4. The molecule has 3 atom stereocenters. The van der Waals surface area contributed by atoms with E-state index in [2.05, 4.69) is 19.2 Å². The zero-order valence-electron chi connectivity index (χ0n) is 11.8. The molecule has 5 nitrogen and oxygen atoms in total. The zero-order chi connectivity index (χ0) is 14.7. The number of hydrogen-bond acceptors (Lipinski definition) is 4. The molecule has 0 radical (unpaired) electrons. The highest BCUT2D eigenvalue weighted by molar-refractivity contribution is 5.79. The predicted octanol–water partition coefficient (Wildman–Crippen LogP) is 3.64. The van der Waals surface area contributed by atoms with Crippen molar-refractivity contribution in [2.75, 3.05) is 5.32 Å². The van der Waals surface area contributed by atoms with E-state index >= 15 is 0 Å². The Morgan fingerprint density at radius 3 is 2.75 bits per heavy atom. The van der Waals surface area contributed by atoms with Gasteiger partial charge in [0.1, 0.15) is 12.0 Å². The molecular weight excluding hydrogens is 256 g/mol. The number of aldehydes is 1. The van der Waals surface area contributed by atoms with Gasteiger partial charge < -0.3 is 5.32 Å². The summed E-state index contributed by atoms with van der Waals surface area (Å²) in [6.07, 6.45) is 4.01. The Hall–Kier alpha value is -1.91. The second kappa shape index (κ2) is 6.03. The first-order valence-corrected chi connectivity index (χ1v) is 7.03. The number of carbonyl (C=O) groups is 1. The summed E-state index contributed by atoms with van der Waals surface area (Å²) >= 11 is 0. The molecule has 20 heavy (non-hydrogen) atoms. The number of nitrogens with one attached hydrogen (secondary N) is 1. The van der Waals surface area contributed by atoms with E-state index in [1.54, 1.807) is 12.1 Å². The van der Waals surface area contributed by atoms with Crippen molar-refractivity contribution < 1.29 is 9.72 Å². The van der Waals surface area contributed by atoms with Crippen molar-refractivity contribution in [2.45, 2.75) is 39.2 Å². The van der Waals surface area contributed by atoms with E-state index in [1.807, 2.05) is 0 Å². The van der Waals surface area contributed by atoms with Crippen molar-refractivity contribution in [1.82, 2.24) is 0 Å². The van der Waals surface area contributed by atoms with Gasteiger partial charge in [-0.3, -0.25) is 14.9 Å². The Kier molecular flexibility index (Phi) is 4.37. The van der Waals surface area contributed by atoms with E-state index in [9.17, 15) is 14.9 Å². The second-order valence-corrected chi connectivity index (χ2v) is 5.67. The third-order valence-electron chi connectivity index (χ3n) is 4.40. The van der Waals surface area contributed by atoms with Crippen LogP contribution in [0.4, 0.5) is 11.4 Å². The molecule has 1 N–H and O–H groups in total. The Morgan fingerprint density at radius 1 is 1.35 bits per heavy atom. The van der Waals surface area contributed by atoms with Crippen molar-refractivity contribution in [3.8, 4) is 0 Å². The summed E-state index contributed by atoms with van der Waals surface area (Å²) in [6.45, 7) is 4.41. The fourth-order valence-corrected chi connectivity index (χ4v) is 2.88. The molecule has 1 aromatic carbocycles. The average Bonchev–Trinajstić information content (AvgIpc) is 2.44. The number of hydrogen-bond donors (Lipinski definition) is 1. The first kappa shape index (κ1) is 14.5. The summed E-state index contributed by atoms with van der Waals surface area (Å²) in [6, 6.07) is 4.82. The highest BCUT2D eigenvalue weighted by atomic mass is 16.6. The fraction of sp³-hybridized carbons (Fsp3) is 0.533. The summed E-state index contributed by atoms with van der Waals surface area (Å²) < 4.78 is 0. The number of benzene rings is 1. The van der Waals surface area contributed by atoms with Crippen LogP contribution in [0, 0.1) is 22.0 Å². The molecule has 1 aromatic rings. The van der Waals surface area contributed by atoms with Crippen LogP contribution < -0.4 is 5.32 Å². The lowest BCUT2D eigenvalue weighted by Crippen LogP contribution is -2.35. The highest BCUT2D eigenvalue weighted by Crippen LogP contribution is 2.34. The molecule has 0 bridgehead atoms. The standard InChI is InChI=1S/C15H20N2O3/c1-10-4-3-5-13(11(10)2)16-14-7-6-12(9-18)8-15(14)17(19)20/h6-11,13,16H,3-5H2,1-2H3/t10-,11+,13-/m0/s1. The van der Waals surface area contributed by atoms with Crippen molar-refractivity contribution in [2.24, 2.45) is 11.8 Å². The molecule has 0 aliphatic heterocycles. The van der Waals surface area contributed by atoms with Gasteiger partial charge in [-0.05, 0) is 30.4 Å². The molecule has 0 unspecified atom stereocenters. The second-order valence-electron chi connectivity index (χ2n) is 5.67. The van der Waals surface area contributed by atoms with Gasteiger partial charge in [-0.1, -0.05) is 26.7 Å². The van der Waals surface area contributed by atoms with Crippen molar-refractivity contribution in [3.63, 3.8) is 0 Å². The van der Waals surface area contributed by atoms with E-state index in [1.165, 1.54) is 12.5 Å². The van der Waals surface area contributed by atoms with Crippen LogP contribution in [0.25, 0.3) is 0 Å². The SMILES string of the molecule is C[C@H]1[C@@H](Nc2ccc(C=O)cc2[N+](=O)[O-])CCC[C@@H]1C. The lowest BCUT2D eigenvalue weighted by atomic mass is 9.78. The molecule has 2 rings (SSSR count).